The summed E-state index contributed by atoms with van der Waals surface area (Å²) in [4.78, 5) is 16.2. The Balaban J connectivity index is 1.58. The maximum absolute atomic E-state index is 11.9. The summed E-state index contributed by atoms with van der Waals surface area (Å²) < 4.78 is 7.35. The first-order chi connectivity index (χ1) is 10.6. The van der Waals surface area contributed by atoms with Crippen LogP contribution in [0.5, 0.6) is 0 Å². The highest BCUT2D eigenvalue weighted by Gasteiger charge is 2.17. The summed E-state index contributed by atoms with van der Waals surface area (Å²) in [6.07, 6.45) is 2.26. The molecule has 0 saturated carbocycles. The number of hydrogen-bond donors (Lipinski definition) is 1. The molecular formula is C14H19N5O2S. The molecule has 0 spiro atoms. The standard InChI is InChI=1S/C14H19N5O2S/c1-9-6-10(2)19-13(16-9)17-18-14(19)22-8-12(20)15-7-11-4-3-5-21-11/h6,11H,3-5,7-8H2,1-2H3,(H,15,20)/t11-/m0/s1. The fourth-order valence-corrected chi connectivity index (χ4v) is 3.32. The summed E-state index contributed by atoms with van der Waals surface area (Å²) in [7, 11) is 0. The zero-order valence-corrected chi connectivity index (χ0v) is 13.5. The molecule has 0 unspecified atom stereocenters. The maximum Gasteiger partial charge on any atom is 0.256 e. The summed E-state index contributed by atoms with van der Waals surface area (Å²) in [6.45, 7) is 5.28. The molecular weight excluding hydrogens is 302 g/mol. The third-order valence-corrected chi connectivity index (χ3v) is 4.48. The van der Waals surface area contributed by atoms with Crippen molar-refractivity contribution in [3.8, 4) is 0 Å². The molecule has 3 rings (SSSR count). The first-order valence-corrected chi connectivity index (χ1v) is 8.32. The predicted molar refractivity (Wildman–Crippen MR) is 83.0 cm³/mol. The van der Waals surface area contributed by atoms with Crippen LogP contribution >= 0.6 is 11.8 Å². The number of ether oxygens (including phenoxy) is 1. The molecule has 0 radical (unpaired) electrons. The summed E-state index contributed by atoms with van der Waals surface area (Å²) in [5, 5.41) is 11.8. The number of nitrogens with zero attached hydrogens (tertiary/aromatic N) is 4. The van der Waals surface area contributed by atoms with E-state index < -0.39 is 0 Å². The predicted octanol–water partition coefficient (Wildman–Crippen LogP) is 1.13. The molecule has 2 aromatic heterocycles. The van der Waals surface area contributed by atoms with Crippen LogP contribution in [0.4, 0.5) is 0 Å². The van der Waals surface area contributed by atoms with Crippen molar-refractivity contribution in [1.29, 1.82) is 0 Å². The molecule has 1 aliphatic heterocycles. The fraction of sp³-hybridized carbons (Fsp3) is 0.571. The Kier molecular flexibility index (Phi) is 4.58. The van der Waals surface area contributed by atoms with E-state index in [1.807, 2.05) is 24.3 Å². The van der Waals surface area contributed by atoms with Crippen molar-refractivity contribution in [3.63, 3.8) is 0 Å². The van der Waals surface area contributed by atoms with Crippen LogP contribution < -0.4 is 5.32 Å². The molecule has 1 aliphatic rings. The number of carbonyl (C=O) groups is 1. The van der Waals surface area contributed by atoms with Crippen molar-refractivity contribution in [2.24, 2.45) is 0 Å². The van der Waals surface area contributed by atoms with Crippen LogP contribution in [0, 0.1) is 13.8 Å². The molecule has 0 bridgehead atoms. The van der Waals surface area contributed by atoms with Gasteiger partial charge >= 0.3 is 0 Å². The fourth-order valence-electron chi connectivity index (χ4n) is 2.51. The summed E-state index contributed by atoms with van der Waals surface area (Å²) in [5.41, 5.74) is 1.91. The summed E-state index contributed by atoms with van der Waals surface area (Å²) >= 11 is 1.36. The van der Waals surface area contributed by atoms with E-state index in [0.717, 1.165) is 30.8 Å². The second-order valence-electron chi connectivity index (χ2n) is 5.38. The Labute approximate surface area is 132 Å². The van der Waals surface area contributed by atoms with E-state index in [1.165, 1.54) is 11.8 Å². The Hall–Kier alpha value is -1.67. The van der Waals surface area contributed by atoms with Gasteiger partial charge in [-0.25, -0.2) is 4.98 Å². The lowest BCUT2D eigenvalue weighted by molar-refractivity contribution is -0.119. The number of thioether (sulfide) groups is 1. The molecule has 1 amide bonds. The van der Waals surface area contributed by atoms with Crippen molar-refractivity contribution >= 4 is 23.4 Å². The third-order valence-electron chi connectivity index (χ3n) is 3.55. The normalized spacial score (nSPS) is 18.0. The molecule has 7 nitrogen and oxygen atoms in total. The molecule has 0 aliphatic carbocycles. The lowest BCUT2D eigenvalue weighted by Gasteiger charge is -2.10. The van der Waals surface area contributed by atoms with Crippen LogP contribution in [0.1, 0.15) is 24.2 Å². The highest BCUT2D eigenvalue weighted by Crippen LogP contribution is 2.18. The van der Waals surface area contributed by atoms with Gasteiger partial charge < -0.3 is 10.1 Å². The Morgan fingerprint density at radius 3 is 3.14 bits per heavy atom. The number of fused-ring (bicyclic) bond motifs is 1. The SMILES string of the molecule is Cc1cc(C)n2c(SCC(=O)NC[C@@H]3CCCO3)nnc2n1. The number of aromatic nitrogens is 4. The van der Waals surface area contributed by atoms with Gasteiger partial charge in [0.1, 0.15) is 0 Å². The van der Waals surface area contributed by atoms with E-state index >= 15 is 0 Å². The van der Waals surface area contributed by atoms with Gasteiger partial charge in [-0.1, -0.05) is 11.8 Å². The van der Waals surface area contributed by atoms with E-state index in [-0.39, 0.29) is 12.0 Å². The number of aryl methyl sites for hydroxylation is 2. The Morgan fingerprint density at radius 1 is 1.50 bits per heavy atom. The van der Waals surface area contributed by atoms with Gasteiger partial charge in [0.25, 0.3) is 5.78 Å². The molecule has 118 valence electrons. The smallest absolute Gasteiger partial charge is 0.256 e. The monoisotopic (exact) mass is 321 g/mol. The lowest BCUT2D eigenvalue weighted by Crippen LogP contribution is -2.32. The van der Waals surface area contributed by atoms with Crippen LogP contribution in [0.15, 0.2) is 11.2 Å². The van der Waals surface area contributed by atoms with Gasteiger partial charge in [-0.05, 0) is 32.8 Å². The Bertz CT molecular complexity index is 681. The highest BCUT2D eigenvalue weighted by atomic mass is 32.2. The van der Waals surface area contributed by atoms with Crippen molar-refractivity contribution in [2.45, 2.75) is 37.9 Å². The number of nitrogens with one attached hydrogen (secondary N) is 1. The second-order valence-corrected chi connectivity index (χ2v) is 6.33. The van der Waals surface area contributed by atoms with Crippen molar-refractivity contribution in [1.82, 2.24) is 24.9 Å². The van der Waals surface area contributed by atoms with E-state index in [4.69, 9.17) is 4.74 Å². The number of amides is 1. The topological polar surface area (TPSA) is 81.4 Å². The number of carbonyl (C=O) groups excluding carboxylic acids is 1. The molecule has 3 heterocycles. The largest absolute Gasteiger partial charge is 0.376 e. The Morgan fingerprint density at radius 2 is 2.36 bits per heavy atom. The summed E-state index contributed by atoms with van der Waals surface area (Å²) in [5.74, 6) is 0.857. The van der Waals surface area contributed by atoms with Gasteiger partial charge in [0.05, 0.1) is 11.9 Å². The van der Waals surface area contributed by atoms with E-state index in [0.29, 0.717) is 23.2 Å². The molecule has 1 atom stereocenters. The van der Waals surface area contributed by atoms with Gasteiger partial charge in [0.2, 0.25) is 5.91 Å². The van der Waals surface area contributed by atoms with Gasteiger partial charge in [-0.3, -0.25) is 9.20 Å². The van der Waals surface area contributed by atoms with Crippen LogP contribution in [0.3, 0.4) is 0 Å². The molecule has 1 N–H and O–H groups in total. The highest BCUT2D eigenvalue weighted by molar-refractivity contribution is 7.99. The minimum absolute atomic E-state index is 0.0185. The van der Waals surface area contributed by atoms with E-state index in [9.17, 15) is 4.79 Å². The minimum Gasteiger partial charge on any atom is -0.376 e. The van der Waals surface area contributed by atoms with Gasteiger partial charge in [0.15, 0.2) is 5.16 Å². The van der Waals surface area contributed by atoms with Crippen molar-refractivity contribution in [3.05, 3.63) is 17.5 Å². The number of rotatable bonds is 5. The van der Waals surface area contributed by atoms with E-state index in [2.05, 4.69) is 20.5 Å². The van der Waals surface area contributed by atoms with Gasteiger partial charge in [0, 0.05) is 24.5 Å². The van der Waals surface area contributed by atoms with Crippen molar-refractivity contribution < 1.29 is 9.53 Å². The minimum atomic E-state index is -0.0185. The van der Waals surface area contributed by atoms with Crippen molar-refractivity contribution in [2.75, 3.05) is 18.9 Å². The second kappa shape index (κ2) is 6.62. The zero-order valence-electron chi connectivity index (χ0n) is 12.7. The molecule has 1 saturated heterocycles. The third kappa shape index (κ3) is 3.38. The van der Waals surface area contributed by atoms with Gasteiger partial charge in [-0.2, -0.15) is 0 Å². The average molecular weight is 321 g/mol. The van der Waals surface area contributed by atoms with Gasteiger partial charge in [-0.15, -0.1) is 10.2 Å². The molecule has 8 heteroatoms. The lowest BCUT2D eigenvalue weighted by atomic mass is 10.2. The summed E-state index contributed by atoms with van der Waals surface area (Å²) in [6, 6.07) is 1.97. The number of hydrogen-bond acceptors (Lipinski definition) is 6. The van der Waals surface area contributed by atoms with Crippen LogP contribution in [-0.4, -0.2) is 50.5 Å². The first kappa shape index (κ1) is 15.2. The average Bonchev–Trinajstić information content (AvgIpc) is 3.12. The zero-order chi connectivity index (χ0) is 15.5. The molecule has 1 fully saturated rings. The molecule has 22 heavy (non-hydrogen) atoms. The maximum atomic E-state index is 11.9. The molecule has 0 aromatic carbocycles. The molecule has 2 aromatic rings. The van der Waals surface area contributed by atoms with Crippen LogP contribution in [0.2, 0.25) is 0 Å². The van der Waals surface area contributed by atoms with Crippen LogP contribution in [-0.2, 0) is 9.53 Å². The van der Waals surface area contributed by atoms with E-state index in [1.54, 1.807) is 0 Å². The quantitative estimate of drug-likeness (QED) is 0.831. The first-order valence-electron chi connectivity index (χ1n) is 7.34. The van der Waals surface area contributed by atoms with Crippen LogP contribution in [0.25, 0.3) is 5.78 Å².